The lowest BCUT2D eigenvalue weighted by Crippen LogP contribution is -1.94. The Kier molecular flexibility index (Phi) is 2.33. The maximum absolute atomic E-state index is 9.83. The first-order chi connectivity index (χ1) is 36.3. The number of aromatic nitrogens is 2. The van der Waals surface area contributed by atoms with Gasteiger partial charge in [-0.05, 0) is 93.5 Å². The van der Waals surface area contributed by atoms with Crippen molar-refractivity contribution in [3.63, 3.8) is 0 Å². The van der Waals surface area contributed by atoms with Gasteiger partial charge in [0, 0.05) is 32.9 Å². The minimum Gasteiger partial charge on any atom is -0.309 e. The molecule has 0 spiro atoms. The summed E-state index contributed by atoms with van der Waals surface area (Å²) in [5.41, 5.74) is -7.45. The topological polar surface area (TPSA) is 9.86 Å². The average Bonchev–Trinajstić information content (AvgIpc) is 4.08. The van der Waals surface area contributed by atoms with E-state index in [2.05, 4.69) is 0 Å². The van der Waals surface area contributed by atoms with Gasteiger partial charge in [0.15, 0.2) is 0 Å². The number of nitrogens with zero attached hydrogens (tertiary/aromatic N) is 2. The molecule has 0 radical (unpaired) electrons. The molecule has 0 fully saturated rings. The number of hydrogen-bond donors (Lipinski definition) is 0. The standard InChI is InChI=1S/C46H30N2/c1-2-13-35(14-3-1)47-43-19-8-6-16-39(43)41-29-33(23-27-45(41)47)34-24-28-46-42(30-34)40-17-7-9-20-44(40)48(46)36-25-21-32(22-26-36)38-18-10-12-31-11-4-5-15-37(31)38/h1-30H/i1D,2D,3D,4D,5D,6D,7D,8D,9D,10D,11D,12D,13D,14D,15D,16D,17D,18D,19D,20D,21D,22D,23D,24D,25D,26D,27D,28D,29D,30D. The predicted molar refractivity (Wildman–Crippen MR) is 203 cm³/mol. The number of para-hydroxylation sites is 3. The maximum atomic E-state index is 9.83. The molecule has 0 bridgehead atoms. The van der Waals surface area contributed by atoms with Crippen LogP contribution in [0.3, 0.4) is 0 Å². The molecule has 0 amide bonds. The summed E-state index contributed by atoms with van der Waals surface area (Å²) in [6, 6.07) is -28.0. The highest BCUT2D eigenvalue weighted by Gasteiger charge is 2.16. The molecule has 0 aliphatic carbocycles. The summed E-state index contributed by atoms with van der Waals surface area (Å²) >= 11 is 0. The molecule has 0 N–H and O–H groups in total. The van der Waals surface area contributed by atoms with Gasteiger partial charge >= 0.3 is 0 Å². The summed E-state index contributed by atoms with van der Waals surface area (Å²) in [7, 11) is 0. The van der Waals surface area contributed by atoms with Gasteiger partial charge in [0.2, 0.25) is 0 Å². The van der Waals surface area contributed by atoms with Gasteiger partial charge in [-0.15, -0.1) is 0 Å². The van der Waals surface area contributed by atoms with Crippen molar-refractivity contribution in [3.8, 4) is 33.6 Å². The van der Waals surface area contributed by atoms with Crippen molar-refractivity contribution >= 4 is 54.4 Å². The number of hydrogen-bond acceptors (Lipinski definition) is 0. The molecular weight excluding hydrogens is 581 g/mol. The maximum Gasteiger partial charge on any atom is 0.0645 e. The van der Waals surface area contributed by atoms with Crippen molar-refractivity contribution in [2.24, 2.45) is 0 Å². The lowest BCUT2D eigenvalue weighted by atomic mass is 9.98. The van der Waals surface area contributed by atoms with Crippen LogP contribution < -0.4 is 0 Å². The van der Waals surface area contributed by atoms with E-state index >= 15 is 0 Å². The molecule has 0 unspecified atom stereocenters. The van der Waals surface area contributed by atoms with Gasteiger partial charge in [-0.2, -0.15) is 0 Å². The van der Waals surface area contributed by atoms with Crippen LogP contribution in [0.1, 0.15) is 41.1 Å². The zero-order valence-electron chi connectivity index (χ0n) is 53.9. The Bertz CT molecular complexity index is 4490. The minimum absolute atomic E-state index is 0.564. The van der Waals surface area contributed by atoms with Crippen molar-refractivity contribution in [2.75, 3.05) is 0 Å². The Morgan fingerprint density at radius 3 is 1.40 bits per heavy atom. The smallest absolute Gasteiger partial charge is 0.0645 e. The molecule has 0 aliphatic heterocycles. The number of fused-ring (bicyclic) bond motifs is 7. The zero-order valence-corrected chi connectivity index (χ0v) is 23.9. The molecule has 224 valence electrons. The van der Waals surface area contributed by atoms with Crippen molar-refractivity contribution < 1.29 is 41.1 Å². The summed E-state index contributed by atoms with van der Waals surface area (Å²) in [5, 5.41) is -3.64. The molecule has 2 nitrogen and oxygen atoms in total. The van der Waals surface area contributed by atoms with Crippen LogP contribution in [0.5, 0.6) is 0 Å². The van der Waals surface area contributed by atoms with Crippen molar-refractivity contribution in [1.82, 2.24) is 9.13 Å². The number of rotatable bonds is 4. The van der Waals surface area contributed by atoms with Crippen LogP contribution in [-0.4, -0.2) is 9.13 Å². The Morgan fingerprint density at radius 2 is 0.771 bits per heavy atom. The van der Waals surface area contributed by atoms with Crippen molar-refractivity contribution in [1.29, 1.82) is 0 Å². The summed E-state index contributed by atoms with van der Waals surface area (Å²) < 4.78 is 270. The van der Waals surface area contributed by atoms with Gasteiger partial charge in [0.1, 0.15) is 0 Å². The lowest BCUT2D eigenvalue weighted by molar-refractivity contribution is 1.18. The van der Waals surface area contributed by atoms with Gasteiger partial charge < -0.3 is 9.13 Å². The Morgan fingerprint density at radius 1 is 0.312 bits per heavy atom. The number of benzene rings is 8. The molecule has 2 heterocycles. The van der Waals surface area contributed by atoms with E-state index in [1.807, 2.05) is 0 Å². The molecule has 8 aromatic carbocycles. The van der Waals surface area contributed by atoms with Gasteiger partial charge in [-0.1, -0.05) is 121 Å². The highest BCUT2D eigenvalue weighted by Crippen LogP contribution is 2.38. The van der Waals surface area contributed by atoms with Crippen molar-refractivity contribution in [3.05, 3.63) is 181 Å². The first-order valence-electron chi connectivity index (χ1n) is 29.1. The highest BCUT2D eigenvalue weighted by molar-refractivity contribution is 6.12. The molecule has 0 atom stereocenters. The molecule has 48 heavy (non-hydrogen) atoms. The van der Waals surface area contributed by atoms with E-state index in [-0.39, 0.29) is 0 Å². The second kappa shape index (κ2) is 10.6. The fourth-order valence-electron chi connectivity index (χ4n) is 5.62. The second-order valence-corrected chi connectivity index (χ2v) is 10.3. The van der Waals surface area contributed by atoms with Crippen LogP contribution in [-0.2, 0) is 0 Å². The van der Waals surface area contributed by atoms with Crippen LogP contribution in [0.4, 0.5) is 0 Å². The van der Waals surface area contributed by atoms with E-state index in [0.29, 0.717) is 4.57 Å². The SMILES string of the molecule is [2H]c1c([2H])c([2H])c(-n2c3c([2H])c([2H])c([2H])c([2H])c3c3c([2H])c(-c4c([2H])c([2H])c5c(c4[2H])c4c([2H])c([2H])c([2H])c([2H])c4n5-c4c([2H])c([2H])c(-c5c([2H])c([2H])c([2H])c6c([2H])c([2H])c([2H])c([2H])c56)c([2H])c4[2H])c([2H])c([2H])c32)c([2H])c1[2H]. The monoisotopic (exact) mass is 640 g/mol. The van der Waals surface area contributed by atoms with E-state index < -0.39 is 269 Å². The van der Waals surface area contributed by atoms with E-state index in [1.54, 1.807) is 0 Å². The molecule has 0 saturated carbocycles. The van der Waals surface area contributed by atoms with E-state index in [4.69, 9.17) is 27.4 Å². The molecule has 2 aromatic heterocycles. The average molecular weight is 641 g/mol. The van der Waals surface area contributed by atoms with E-state index in [1.165, 1.54) is 0 Å². The summed E-state index contributed by atoms with van der Waals surface area (Å²) in [6.07, 6.45) is 0. The molecule has 10 aromatic rings. The van der Waals surface area contributed by atoms with Crippen LogP contribution >= 0.6 is 0 Å². The Balaban J connectivity index is 1.38. The van der Waals surface area contributed by atoms with Gasteiger partial charge in [-0.3, -0.25) is 0 Å². The molecule has 0 saturated heterocycles. The Hall–Kier alpha value is -6.38. The predicted octanol–water partition coefficient (Wildman–Crippen LogP) is 12.4. The summed E-state index contributed by atoms with van der Waals surface area (Å²) in [6.45, 7) is 0. The fraction of sp³-hybridized carbons (Fsp3) is 0. The highest BCUT2D eigenvalue weighted by atomic mass is 15.0. The van der Waals surface area contributed by atoms with Crippen molar-refractivity contribution in [2.45, 2.75) is 0 Å². The molecule has 10 rings (SSSR count). The van der Waals surface area contributed by atoms with E-state index in [0.717, 1.165) is 4.57 Å². The lowest BCUT2D eigenvalue weighted by Gasteiger charge is -2.11. The van der Waals surface area contributed by atoms with Gasteiger partial charge in [0.05, 0.1) is 63.2 Å². The normalized spacial score (nSPS) is 20.5. The van der Waals surface area contributed by atoms with Gasteiger partial charge in [0.25, 0.3) is 0 Å². The summed E-state index contributed by atoms with van der Waals surface area (Å²) in [4.78, 5) is 0. The first kappa shape index (κ1) is 10.6. The zero-order chi connectivity index (χ0) is 57.7. The van der Waals surface area contributed by atoms with Gasteiger partial charge in [-0.25, -0.2) is 0 Å². The minimum atomic E-state index is -1.08. The summed E-state index contributed by atoms with van der Waals surface area (Å²) in [5.74, 6) is 0. The fourth-order valence-corrected chi connectivity index (χ4v) is 5.62. The molecule has 2 heteroatoms. The van der Waals surface area contributed by atoms with Crippen LogP contribution in [0.25, 0.3) is 88.0 Å². The first-order valence-corrected chi connectivity index (χ1v) is 14.1. The van der Waals surface area contributed by atoms with E-state index in [9.17, 15) is 13.7 Å². The molecule has 0 aliphatic rings. The van der Waals surface area contributed by atoms with Crippen LogP contribution in [0.2, 0.25) is 0 Å². The van der Waals surface area contributed by atoms with Crippen LogP contribution in [0, 0.1) is 0 Å². The second-order valence-electron chi connectivity index (χ2n) is 10.3. The Labute approximate surface area is 320 Å². The largest absolute Gasteiger partial charge is 0.309 e. The third-order valence-corrected chi connectivity index (χ3v) is 7.67. The molecular formula is C46H30N2. The third kappa shape index (κ3) is 4.06. The van der Waals surface area contributed by atoms with Crippen LogP contribution in [0.15, 0.2) is 181 Å². The quantitative estimate of drug-likeness (QED) is 0.181. The third-order valence-electron chi connectivity index (χ3n) is 7.67.